The van der Waals surface area contributed by atoms with E-state index in [4.69, 9.17) is 0 Å². The van der Waals surface area contributed by atoms with E-state index in [1.807, 2.05) is 53.4 Å². The van der Waals surface area contributed by atoms with E-state index in [1.165, 1.54) is 32.1 Å². The number of carbonyl (C=O) groups is 1. The molecule has 0 aromatic heterocycles. The normalized spacial score (nSPS) is 15.0. The zero-order valence-corrected chi connectivity index (χ0v) is 14.9. The number of para-hydroxylation sites is 1. The zero-order valence-electron chi connectivity index (χ0n) is 14.9. The third kappa shape index (κ3) is 5.43. The first kappa shape index (κ1) is 17.7. The number of nitrogens with zero attached hydrogens (tertiary/aromatic N) is 1. The maximum Gasteiger partial charge on any atom is 0.228 e. The standard InChI is InChI=1S/C22H28N2O/c25-22(16-17-23-20-12-6-2-7-13-20)24(21-14-8-3-9-15-21)18-19-10-4-1-5-11-19/h1,3-5,8-11,14-15,20,23H,2,6-7,12-13,16-18H2. The van der Waals surface area contributed by atoms with Crippen LogP contribution in [0.3, 0.4) is 0 Å². The number of rotatable bonds is 7. The summed E-state index contributed by atoms with van der Waals surface area (Å²) in [5.74, 6) is 0.179. The Morgan fingerprint density at radius 2 is 1.56 bits per heavy atom. The van der Waals surface area contributed by atoms with Gasteiger partial charge in [-0.2, -0.15) is 0 Å². The molecule has 0 atom stereocenters. The topological polar surface area (TPSA) is 32.3 Å². The van der Waals surface area contributed by atoms with Crippen molar-refractivity contribution in [2.24, 2.45) is 0 Å². The largest absolute Gasteiger partial charge is 0.313 e. The molecule has 1 fully saturated rings. The van der Waals surface area contributed by atoms with Crippen molar-refractivity contribution in [3.05, 3.63) is 66.2 Å². The van der Waals surface area contributed by atoms with E-state index in [0.29, 0.717) is 19.0 Å². The van der Waals surface area contributed by atoms with E-state index < -0.39 is 0 Å². The molecule has 0 saturated heterocycles. The highest BCUT2D eigenvalue weighted by Crippen LogP contribution is 2.19. The average molecular weight is 336 g/mol. The lowest BCUT2D eigenvalue weighted by Crippen LogP contribution is -2.36. The molecular formula is C22H28N2O. The summed E-state index contributed by atoms with van der Waals surface area (Å²) in [6.45, 7) is 1.38. The lowest BCUT2D eigenvalue weighted by Gasteiger charge is -2.25. The number of amides is 1. The van der Waals surface area contributed by atoms with Gasteiger partial charge in [0.15, 0.2) is 0 Å². The third-order valence-corrected chi connectivity index (χ3v) is 4.93. The second-order valence-electron chi connectivity index (χ2n) is 6.84. The quantitative estimate of drug-likeness (QED) is 0.805. The Labute approximate surface area is 151 Å². The Morgan fingerprint density at radius 3 is 2.24 bits per heavy atom. The van der Waals surface area contributed by atoms with Gasteiger partial charge in [0, 0.05) is 24.7 Å². The number of hydrogen-bond acceptors (Lipinski definition) is 2. The Morgan fingerprint density at radius 1 is 0.920 bits per heavy atom. The second kappa shape index (κ2) is 9.38. The maximum absolute atomic E-state index is 12.9. The molecule has 1 N–H and O–H groups in total. The minimum Gasteiger partial charge on any atom is -0.313 e. The number of nitrogens with one attached hydrogen (secondary N) is 1. The molecule has 1 aliphatic carbocycles. The molecule has 0 heterocycles. The molecule has 0 spiro atoms. The Balaban J connectivity index is 1.60. The van der Waals surface area contributed by atoms with Crippen molar-refractivity contribution in [2.75, 3.05) is 11.4 Å². The van der Waals surface area contributed by atoms with Crippen molar-refractivity contribution < 1.29 is 4.79 Å². The van der Waals surface area contributed by atoms with Crippen LogP contribution in [0.5, 0.6) is 0 Å². The molecule has 0 aliphatic heterocycles. The summed E-state index contributed by atoms with van der Waals surface area (Å²) in [5, 5.41) is 3.58. The van der Waals surface area contributed by atoms with Crippen molar-refractivity contribution in [2.45, 2.75) is 51.1 Å². The Kier molecular flexibility index (Phi) is 6.63. The maximum atomic E-state index is 12.9. The van der Waals surface area contributed by atoms with Gasteiger partial charge in [-0.25, -0.2) is 0 Å². The van der Waals surface area contributed by atoms with Crippen LogP contribution in [-0.4, -0.2) is 18.5 Å². The van der Waals surface area contributed by atoms with Gasteiger partial charge in [-0.1, -0.05) is 67.8 Å². The molecule has 132 valence electrons. The minimum absolute atomic E-state index is 0.179. The van der Waals surface area contributed by atoms with Crippen LogP contribution in [0, 0.1) is 0 Å². The van der Waals surface area contributed by atoms with E-state index in [0.717, 1.165) is 17.8 Å². The van der Waals surface area contributed by atoms with Crippen LogP contribution in [0.4, 0.5) is 5.69 Å². The van der Waals surface area contributed by atoms with Crippen LogP contribution in [0.2, 0.25) is 0 Å². The second-order valence-corrected chi connectivity index (χ2v) is 6.84. The predicted octanol–water partition coefficient (Wildman–Crippen LogP) is 4.53. The van der Waals surface area contributed by atoms with E-state index in [2.05, 4.69) is 17.4 Å². The number of benzene rings is 2. The van der Waals surface area contributed by atoms with Crippen LogP contribution in [0.15, 0.2) is 60.7 Å². The van der Waals surface area contributed by atoms with Gasteiger partial charge in [0.1, 0.15) is 0 Å². The summed E-state index contributed by atoms with van der Waals surface area (Å²) in [6.07, 6.45) is 7.03. The van der Waals surface area contributed by atoms with Crippen LogP contribution in [-0.2, 0) is 11.3 Å². The van der Waals surface area contributed by atoms with Crippen molar-refractivity contribution >= 4 is 11.6 Å². The van der Waals surface area contributed by atoms with Crippen molar-refractivity contribution in [1.29, 1.82) is 0 Å². The zero-order chi connectivity index (χ0) is 17.3. The minimum atomic E-state index is 0.179. The van der Waals surface area contributed by atoms with Gasteiger partial charge < -0.3 is 10.2 Å². The van der Waals surface area contributed by atoms with Gasteiger partial charge in [-0.15, -0.1) is 0 Å². The van der Waals surface area contributed by atoms with Crippen LogP contribution < -0.4 is 10.2 Å². The van der Waals surface area contributed by atoms with Crippen LogP contribution >= 0.6 is 0 Å². The Bertz CT molecular complexity index is 636. The van der Waals surface area contributed by atoms with Crippen LogP contribution in [0.1, 0.15) is 44.1 Å². The first-order valence-corrected chi connectivity index (χ1v) is 9.45. The van der Waals surface area contributed by atoms with Gasteiger partial charge in [0.25, 0.3) is 0 Å². The van der Waals surface area contributed by atoms with Crippen molar-refractivity contribution in [3.8, 4) is 0 Å². The van der Waals surface area contributed by atoms with Gasteiger partial charge in [0.05, 0.1) is 6.54 Å². The fourth-order valence-electron chi connectivity index (χ4n) is 3.52. The lowest BCUT2D eigenvalue weighted by atomic mass is 9.95. The predicted molar refractivity (Wildman–Crippen MR) is 104 cm³/mol. The molecule has 1 amide bonds. The molecule has 3 heteroatoms. The summed E-state index contributed by atoms with van der Waals surface area (Å²) in [5.41, 5.74) is 2.12. The lowest BCUT2D eigenvalue weighted by molar-refractivity contribution is -0.118. The molecule has 1 aliphatic rings. The summed E-state index contributed by atoms with van der Waals surface area (Å²) in [6, 6.07) is 20.8. The van der Waals surface area contributed by atoms with E-state index >= 15 is 0 Å². The molecule has 0 bridgehead atoms. The van der Waals surface area contributed by atoms with Gasteiger partial charge in [-0.3, -0.25) is 4.79 Å². The van der Waals surface area contributed by atoms with E-state index in [-0.39, 0.29) is 5.91 Å². The molecule has 1 saturated carbocycles. The number of carbonyl (C=O) groups excluding carboxylic acids is 1. The summed E-state index contributed by atoms with van der Waals surface area (Å²) < 4.78 is 0. The van der Waals surface area contributed by atoms with Crippen molar-refractivity contribution in [3.63, 3.8) is 0 Å². The average Bonchev–Trinajstić information content (AvgIpc) is 2.68. The highest BCUT2D eigenvalue weighted by atomic mass is 16.2. The number of hydrogen-bond donors (Lipinski definition) is 1. The summed E-state index contributed by atoms with van der Waals surface area (Å²) in [7, 11) is 0. The molecule has 2 aromatic carbocycles. The molecule has 0 unspecified atom stereocenters. The highest BCUT2D eigenvalue weighted by Gasteiger charge is 2.17. The SMILES string of the molecule is O=C(CCNC1CCCCC1)N(Cc1ccccc1)c1ccccc1. The molecule has 2 aromatic rings. The van der Waals surface area contributed by atoms with Gasteiger partial charge >= 0.3 is 0 Å². The summed E-state index contributed by atoms with van der Waals surface area (Å²) >= 11 is 0. The molecular weight excluding hydrogens is 308 g/mol. The summed E-state index contributed by atoms with van der Waals surface area (Å²) in [4.78, 5) is 14.8. The van der Waals surface area contributed by atoms with Crippen molar-refractivity contribution in [1.82, 2.24) is 5.32 Å². The highest BCUT2D eigenvalue weighted by molar-refractivity contribution is 5.93. The number of anilines is 1. The monoisotopic (exact) mass is 336 g/mol. The Hall–Kier alpha value is -2.13. The third-order valence-electron chi connectivity index (χ3n) is 4.93. The fraction of sp³-hybridized carbons (Fsp3) is 0.409. The first-order valence-electron chi connectivity index (χ1n) is 9.45. The van der Waals surface area contributed by atoms with Gasteiger partial charge in [0.2, 0.25) is 5.91 Å². The first-order chi connectivity index (χ1) is 12.3. The van der Waals surface area contributed by atoms with Crippen LogP contribution in [0.25, 0.3) is 0 Å². The van der Waals surface area contributed by atoms with E-state index in [9.17, 15) is 4.79 Å². The molecule has 25 heavy (non-hydrogen) atoms. The smallest absolute Gasteiger partial charge is 0.228 e. The molecule has 0 radical (unpaired) electrons. The molecule has 3 nitrogen and oxygen atoms in total. The van der Waals surface area contributed by atoms with E-state index in [1.54, 1.807) is 0 Å². The molecule has 3 rings (SSSR count). The fourth-order valence-corrected chi connectivity index (χ4v) is 3.52. The van der Waals surface area contributed by atoms with Gasteiger partial charge in [-0.05, 0) is 30.5 Å².